The summed E-state index contributed by atoms with van der Waals surface area (Å²) in [5, 5.41) is 20.0. The van der Waals surface area contributed by atoms with E-state index >= 15 is 0 Å². The van der Waals surface area contributed by atoms with Gasteiger partial charge in [0.15, 0.2) is 0 Å². The Morgan fingerprint density at radius 3 is 2.00 bits per heavy atom. The minimum absolute atomic E-state index is 0.668. The van der Waals surface area contributed by atoms with Gasteiger partial charge in [-0.05, 0) is 22.9 Å². The number of halogens is 6. The number of carboxylic acids is 2. The van der Waals surface area contributed by atoms with E-state index in [1.807, 2.05) is 0 Å². The van der Waals surface area contributed by atoms with Crippen molar-refractivity contribution in [1.29, 1.82) is 0 Å². The third-order valence-corrected chi connectivity index (χ3v) is 4.30. The van der Waals surface area contributed by atoms with Gasteiger partial charge in [0.1, 0.15) is 6.61 Å². The minimum Gasteiger partial charge on any atom is -0.476 e. The third-order valence-electron chi connectivity index (χ3n) is 4.30. The molecule has 188 valence electrons. The fourth-order valence-corrected chi connectivity index (χ4v) is 2.68. The number of nitrogens with one attached hydrogen (secondary N) is 1. The van der Waals surface area contributed by atoms with Gasteiger partial charge in [0.2, 0.25) is 5.88 Å². The van der Waals surface area contributed by atoms with Crippen molar-refractivity contribution in [3.63, 3.8) is 0 Å². The predicted octanol–water partition coefficient (Wildman–Crippen LogP) is 4.65. The molecule has 4 rings (SSSR count). The molecule has 0 spiro atoms. The Balaban J connectivity index is 0.000000257. The number of rotatable bonds is 1. The van der Waals surface area contributed by atoms with Crippen LogP contribution in [0, 0.1) is 0 Å². The fourth-order valence-electron chi connectivity index (χ4n) is 2.68. The maximum Gasteiger partial charge on any atom is 0.490 e. The highest BCUT2D eigenvalue weighted by molar-refractivity contribution is 5.86. The van der Waals surface area contributed by atoms with Crippen LogP contribution < -0.4 is 10.1 Å². The zero-order chi connectivity index (χ0) is 26.2. The van der Waals surface area contributed by atoms with Crippen LogP contribution in [0.5, 0.6) is 5.88 Å². The van der Waals surface area contributed by atoms with Crippen LogP contribution in [0.4, 0.5) is 26.3 Å². The molecule has 1 aliphatic rings. The van der Waals surface area contributed by atoms with Crippen LogP contribution in [0.25, 0.3) is 22.0 Å². The summed E-state index contributed by atoms with van der Waals surface area (Å²) in [7, 11) is 0. The molecule has 0 saturated carbocycles. The number of hydrogen-bond donors (Lipinski definition) is 3. The Morgan fingerprint density at radius 2 is 1.43 bits per heavy atom. The van der Waals surface area contributed by atoms with E-state index in [1.165, 1.54) is 10.8 Å². The topological polar surface area (TPSA) is 109 Å². The standard InChI is InChI=1S/C18H16N2O.2C2HF3O2/c1-2-4-14-11-15(6-5-13(14)3-1)17-8-7-16-12-19-9-10-21-18(16)20-17;2*3-2(4,5)1(6)7/h1-8,11,19H,9-10,12H2;2*(H,6,7). The number of ether oxygens (including phenoxy) is 1. The van der Waals surface area contributed by atoms with Crippen molar-refractivity contribution in [2.45, 2.75) is 18.9 Å². The first-order valence-electron chi connectivity index (χ1n) is 9.72. The molecule has 0 atom stereocenters. The second-order valence-corrected chi connectivity index (χ2v) is 6.85. The monoisotopic (exact) mass is 504 g/mol. The maximum atomic E-state index is 10.6. The molecule has 1 aliphatic heterocycles. The summed E-state index contributed by atoms with van der Waals surface area (Å²) in [4.78, 5) is 22.5. The summed E-state index contributed by atoms with van der Waals surface area (Å²) < 4.78 is 69.2. The quantitative estimate of drug-likeness (QED) is 0.414. The average molecular weight is 504 g/mol. The number of nitrogens with zero attached hydrogens (tertiary/aromatic N) is 1. The molecule has 1 aromatic heterocycles. The van der Waals surface area contributed by atoms with E-state index in [0.29, 0.717) is 6.61 Å². The summed E-state index contributed by atoms with van der Waals surface area (Å²) in [5.41, 5.74) is 3.20. The maximum absolute atomic E-state index is 10.6. The van der Waals surface area contributed by atoms with Crippen molar-refractivity contribution in [2.75, 3.05) is 13.2 Å². The largest absolute Gasteiger partial charge is 0.490 e. The first-order chi connectivity index (χ1) is 16.3. The lowest BCUT2D eigenvalue weighted by atomic mass is 10.0. The number of hydrogen-bond acceptors (Lipinski definition) is 5. The van der Waals surface area contributed by atoms with E-state index in [1.54, 1.807) is 0 Å². The van der Waals surface area contributed by atoms with Gasteiger partial charge in [0.05, 0.1) is 5.69 Å². The van der Waals surface area contributed by atoms with E-state index in [9.17, 15) is 26.3 Å². The van der Waals surface area contributed by atoms with Crippen molar-refractivity contribution in [2.24, 2.45) is 0 Å². The molecule has 0 fully saturated rings. The second-order valence-electron chi connectivity index (χ2n) is 6.85. The van der Waals surface area contributed by atoms with E-state index in [0.717, 1.165) is 35.8 Å². The molecule has 0 amide bonds. The van der Waals surface area contributed by atoms with Gasteiger partial charge in [0, 0.05) is 24.2 Å². The number of alkyl halides is 6. The number of aliphatic carboxylic acids is 2. The van der Waals surface area contributed by atoms with Gasteiger partial charge in [-0.2, -0.15) is 26.3 Å². The first kappa shape index (κ1) is 27.4. The van der Waals surface area contributed by atoms with Crippen LogP contribution in [-0.2, 0) is 16.1 Å². The first-order valence-corrected chi connectivity index (χ1v) is 9.72. The summed E-state index contributed by atoms with van der Waals surface area (Å²) in [6.07, 6.45) is -10.2. The third kappa shape index (κ3) is 8.45. The Kier molecular flexibility index (Phi) is 9.00. The Morgan fingerprint density at radius 1 is 0.857 bits per heavy atom. The number of carbonyl (C=O) groups is 2. The highest BCUT2D eigenvalue weighted by Crippen LogP contribution is 2.27. The summed E-state index contributed by atoms with van der Waals surface area (Å²) in [5.74, 6) is -4.76. The van der Waals surface area contributed by atoms with Gasteiger partial charge in [-0.25, -0.2) is 14.6 Å². The molecule has 35 heavy (non-hydrogen) atoms. The van der Waals surface area contributed by atoms with Crippen LogP contribution in [0.3, 0.4) is 0 Å². The molecule has 13 heteroatoms. The normalized spacial score (nSPS) is 13.1. The molecule has 3 aromatic rings. The van der Waals surface area contributed by atoms with Crippen LogP contribution in [-0.4, -0.2) is 52.6 Å². The molecule has 0 radical (unpaired) electrons. The number of pyridine rings is 1. The lowest BCUT2D eigenvalue weighted by molar-refractivity contribution is -0.193. The second kappa shape index (κ2) is 11.5. The van der Waals surface area contributed by atoms with Crippen molar-refractivity contribution in [1.82, 2.24) is 10.3 Å². The summed E-state index contributed by atoms with van der Waals surface area (Å²) in [6.45, 7) is 2.35. The van der Waals surface area contributed by atoms with Gasteiger partial charge in [-0.1, -0.05) is 42.5 Å². The Hall–Kier alpha value is -3.87. The highest BCUT2D eigenvalue weighted by Gasteiger charge is 2.38. The lowest BCUT2D eigenvalue weighted by Crippen LogP contribution is -2.21. The minimum atomic E-state index is -5.08. The molecule has 7 nitrogen and oxygen atoms in total. The van der Waals surface area contributed by atoms with Crippen molar-refractivity contribution >= 4 is 22.7 Å². The molecule has 0 bridgehead atoms. The van der Waals surface area contributed by atoms with Gasteiger partial charge in [0.25, 0.3) is 0 Å². The zero-order valence-electron chi connectivity index (χ0n) is 17.7. The molecule has 0 aliphatic carbocycles. The molecule has 0 saturated heterocycles. The van der Waals surface area contributed by atoms with Crippen LogP contribution in [0.1, 0.15) is 5.56 Å². The molecule has 0 unspecified atom stereocenters. The van der Waals surface area contributed by atoms with E-state index in [-0.39, 0.29) is 0 Å². The van der Waals surface area contributed by atoms with Gasteiger partial charge in [-0.15, -0.1) is 0 Å². The molecular formula is C22H18F6N2O5. The highest BCUT2D eigenvalue weighted by atomic mass is 19.4. The average Bonchev–Trinajstić information content (AvgIpc) is 3.03. The number of carboxylic acid groups (broad SMARTS) is 2. The summed E-state index contributed by atoms with van der Waals surface area (Å²) in [6, 6.07) is 19.0. The van der Waals surface area contributed by atoms with Gasteiger partial charge in [-0.3, -0.25) is 0 Å². The smallest absolute Gasteiger partial charge is 0.476 e. The number of benzene rings is 2. The zero-order valence-corrected chi connectivity index (χ0v) is 17.7. The van der Waals surface area contributed by atoms with Crippen LogP contribution in [0.2, 0.25) is 0 Å². The van der Waals surface area contributed by atoms with E-state index < -0.39 is 24.3 Å². The SMILES string of the molecule is O=C(O)C(F)(F)F.O=C(O)C(F)(F)F.c1ccc2cc(-c3ccc4c(n3)OCCNC4)ccc2c1. The predicted molar refractivity (Wildman–Crippen MR) is 112 cm³/mol. The molecular weight excluding hydrogens is 486 g/mol. The van der Waals surface area contributed by atoms with Crippen molar-refractivity contribution in [3.8, 4) is 17.1 Å². The molecule has 2 aromatic carbocycles. The van der Waals surface area contributed by atoms with Gasteiger partial charge >= 0.3 is 24.3 Å². The van der Waals surface area contributed by atoms with Crippen molar-refractivity contribution in [3.05, 3.63) is 60.2 Å². The van der Waals surface area contributed by atoms with Gasteiger partial charge < -0.3 is 20.3 Å². The van der Waals surface area contributed by atoms with E-state index in [4.69, 9.17) is 24.5 Å². The Bertz CT molecular complexity index is 1160. The lowest BCUT2D eigenvalue weighted by Gasteiger charge is -2.09. The van der Waals surface area contributed by atoms with Crippen molar-refractivity contribution < 1.29 is 50.9 Å². The van der Waals surface area contributed by atoms with Crippen LogP contribution >= 0.6 is 0 Å². The summed E-state index contributed by atoms with van der Waals surface area (Å²) >= 11 is 0. The van der Waals surface area contributed by atoms with Crippen LogP contribution in [0.15, 0.2) is 54.6 Å². The molecule has 3 N–H and O–H groups in total. The number of fused-ring (bicyclic) bond motifs is 2. The fraction of sp³-hybridized carbons (Fsp3) is 0.227. The number of aromatic nitrogens is 1. The molecule has 2 heterocycles. The Labute approximate surface area is 194 Å². The van der Waals surface area contributed by atoms with E-state index in [2.05, 4.69) is 64.9 Å².